The lowest BCUT2D eigenvalue weighted by atomic mass is 10.1. The Bertz CT molecular complexity index is 520. The number of rotatable bonds is 7. The van der Waals surface area contributed by atoms with Crippen molar-refractivity contribution >= 4 is 34.2 Å². The Morgan fingerprint density at radius 2 is 1.95 bits per heavy atom. The summed E-state index contributed by atoms with van der Waals surface area (Å²) < 4.78 is 0.731. The molecular weight excluding hydrogens is 385 g/mol. The fourth-order valence-electron chi connectivity index (χ4n) is 1.87. The number of nitro benzene ring substituents is 1. The molecule has 0 N–H and O–H groups in total. The van der Waals surface area contributed by atoms with Crippen LogP contribution in [0, 0.1) is 13.7 Å². The number of carbonyl (C=O) groups is 1. The summed E-state index contributed by atoms with van der Waals surface area (Å²) in [5.41, 5.74) is 0.347. The number of nitro groups is 1. The van der Waals surface area contributed by atoms with E-state index in [4.69, 9.17) is 0 Å². The first-order valence-corrected chi connectivity index (χ1v) is 7.82. The van der Waals surface area contributed by atoms with Crippen molar-refractivity contribution in [1.29, 1.82) is 0 Å². The highest BCUT2D eigenvalue weighted by atomic mass is 127. The van der Waals surface area contributed by atoms with Crippen molar-refractivity contribution in [3.8, 4) is 0 Å². The third kappa shape index (κ3) is 5.24. The van der Waals surface area contributed by atoms with Gasteiger partial charge in [-0.05, 0) is 49.2 Å². The zero-order valence-corrected chi connectivity index (χ0v) is 14.7. The lowest BCUT2D eigenvalue weighted by Gasteiger charge is -2.24. The first-order chi connectivity index (χ1) is 9.86. The molecule has 0 fully saturated rings. The molecule has 1 aromatic carbocycles. The smallest absolute Gasteiger partial charge is 0.270 e. The van der Waals surface area contributed by atoms with E-state index in [1.54, 1.807) is 11.0 Å². The molecule has 21 heavy (non-hydrogen) atoms. The fourth-order valence-corrected chi connectivity index (χ4v) is 2.43. The number of likely N-dealkylation sites (N-methyl/N-ethyl adjacent to an activating group) is 1. The van der Waals surface area contributed by atoms with Gasteiger partial charge in [0.25, 0.3) is 11.6 Å². The molecule has 0 aliphatic rings. The first kappa shape index (κ1) is 17.8. The van der Waals surface area contributed by atoms with Gasteiger partial charge in [-0.2, -0.15) is 0 Å². The summed E-state index contributed by atoms with van der Waals surface area (Å²) >= 11 is 2.04. The average Bonchev–Trinajstić information content (AvgIpc) is 2.42. The van der Waals surface area contributed by atoms with Crippen LogP contribution in [0.3, 0.4) is 0 Å². The van der Waals surface area contributed by atoms with E-state index < -0.39 is 4.92 Å². The summed E-state index contributed by atoms with van der Waals surface area (Å²) in [5, 5.41) is 10.9. The number of non-ortho nitro benzene ring substituents is 1. The van der Waals surface area contributed by atoms with Gasteiger partial charge in [-0.1, -0.05) is 6.92 Å². The Morgan fingerprint density at radius 3 is 2.48 bits per heavy atom. The predicted molar refractivity (Wildman–Crippen MR) is 90.6 cm³/mol. The molecule has 0 heterocycles. The lowest BCUT2D eigenvalue weighted by molar-refractivity contribution is -0.384. The van der Waals surface area contributed by atoms with Crippen LogP contribution in [-0.2, 0) is 0 Å². The minimum Gasteiger partial charge on any atom is -0.337 e. The van der Waals surface area contributed by atoms with Crippen LogP contribution < -0.4 is 0 Å². The maximum Gasteiger partial charge on any atom is 0.270 e. The van der Waals surface area contributed by atoms with Crippen LogP contribution >= 0.6 is 22.6 Å². The van der Waals surface area contributed by atoms with Crippen molar-refractivity contribution in [3.63, 3.8) is 0 Å². The maximum absolute atomic E-state index is 12.6. The fraction of sp³-hybridized carbons (Fsp3) is 0.500. The van der Waals surface area contributed by atoms with Gasteiger partial charge in [0.1, 0.15) is 0 Å². The van der Waals surface area contributed by atoms with Crippen molar-refractivity contribution in [3.05, 3.63) is 37.4 Å². The largest absolute Gasteiger partial charge is 0.337 e. The van der Waals surface area contributed by atoms with E-state index in [-0.39, 0.29) is 11.6 Å². The monoisotopic (exact) mass is 405 g/mol. The molecule has 1 aromatic rings. The molecule has 0 aliphatic heterocycles. The van der Waals surface area contributed by atoms with Crippen molar-refractivity contribution in [2.24, 2.45) is 0 Å². The van der Waals surface area contributed by atoms with Gasteiger partial charge in [-0.15, -0.1) is 0 Å². The molecule has 116 valence electrons. The molecule has 0 saturated carbocycles. The van der Waals surface area contributed by atoms with E-state index in [0.717, 1.165) is 16.5 Å². The number of halogens is 1. The van der Waals surface area contributed by atoms with E-state index in [9.17, 15) is 14.9 Å². The van der Waals surface area contributed by atoms with E-state index in [0.29, 0.717) is 18.7 Å². The minimum absolute atomic E-state index is 0.0529. The second-order valence-corrected chi connectivity index (χ2v) is 6.18. The van der Waals surface area contributed by atoms with Crippen LogP contribution in [-0.4, -0.2) is 54.4 Å². The van der Waals surface area contributed by atoms with Gasteiger partial charge < -0.3 is 9.80 Å². The molecule has 1 amide bonds. The van der Waals surface area contributed by atoms with Crippen LogP contribution in [0.1, 0.15) is 23.7 Å². The molecule has 0 unspecified atom stereocenters. The zero-order valence-electron chi connectivity index (χ0n) is 12.5. The molecule has 7 heteroatoms. The van der Waals surface area contributed by atoms with Gasteiger partial charge in [0.05, 0.1) is 10.5 Å². The van der Waals surface area contributed by atoms with E-state index in [1.165, 1.54) is 12.1 Å². The number of carbonyl (C=O) groups excluding carboxylic acids is 1. The van der Waals surface area contributed by atoms with Crippen LogP contribution in [0.4, 0.5) is 5.69 Å². The van der Waals surface area contributed by atoms with Crippen molar-refractivity contribution in [2.75, 3.05) is 33.7 Å². The van der Waals surface area contributed by atoms with Gasteiger partial charge in [0.15, 0.2) is 0 Å². The van der Waals surface area contributed by atoms with Gasteiger partial charge >= 0.3 is 0 Å². The van der Waals surface area contributed by atoms with Crippen LogP contribution in [0.5, 0.6) is 0 Å². The molecule has 0 atom stereocenters. The number of hydrogen-bond acceptors (Lipinski definition) is 4. The molecule has 6 nitrogen and oxygen atoms in total. The predicted octanol–water partition coefficient (Wildman–Crippen LogP) is 2.61. The maximum atomic E-state index is 12.6. The molecular formula is C14H20IN3O3. The highest BCUT2D eigenvalue weighted by Crippen LogP contribution is 2.21. The second-order valence-electron chi connectivity index (χ2n) is 5.02. The van der Waals surface area contributed by atoms with Gasteiger partial charge in [0.2, 0.25) is 0 Å². The summed E-state index contributed by atoms with van der Waals surface area (Å²) in [6, 6.07) is 4.40. The van der Waals surface area contributed by atoms with Gasteiger partial charge in [-0.3, -0.25) is 14.9 Å². The molecule has 0 spiro atoms. The Labute approximate surface area is 138 Å². The van der Waals surface area contributed by atoms with Gasteiger partial charge in [-0.25, -0.2) is 0 Å². The quantitative estimate of drug-likeness (QED) is 0.398. The van der Waals surface area contributed by atoms with Crippen molar-refractivity contribution < 1.29 is 9.72 Å². The number of amides is 1. The Morgan fingerprint density at radius 1 is 1.29 bits per heavy atom. The van der Waals surface area contributed by atoms with E-state index >= 15 is 0 Å². The summed E-state index contributed by atoms with van der Waals surface area (Å²) in [6.45, 7) is 4.02. The SMILES string of the molecule is CCCN(CCN(C)C)C(=O)c1cc([N+](=O)[O-])ccc1I. The molecule has 0 saturated heterocycles. The molecule has 0 aliphatic carbocycles. The minimum atomic E-state index is -0.475. The van der Waals surface area contributed by atoms with Crippen molar-refractivity contribution in [2.45, 2.75) is 13.3 Å². The topological polar surface area (TPSA) is 66.7 Å². The number of hydrogen-bond donors (Lipinski definition) is 0. The van der Waals surface area contributed by atoms with Crippen LogP contribution in [0.25, 0.3) is 0 Å². The second kappa shape index (κ2) is 8.28. The van der Waals surface area contributed by atoms with E-state index in [2.05, 4.69) is 0 Å². The highest BCUT2D eigenvalue weighted by Gasteiger charge is 2.20. The van der Waals surface area contributed by atoms with Crippen LogP contribution in [0.15, 0.2) is 18.2 Å². The molecule has 0 radical (unpaired) electrons. The first-order valence-electron chi connectivity index (χ1n) is 6.74. The molecule has 1 rings (SSSR count). The summed E-state index contributed by atoms with van der Waals surface area (Å²) in [5.74, 6) is -0.146. The Hall–Kier alpha value is -1.22. The highest BCUT2D eigenvalue weighted by molar-refractivity contribution is 14.1. The lowest BCUT2D eigenvalue weighted by Crippen LogP contribution is -2.37. The normalized spacial score (nSPS) is 10.7. The third-order valence-corrected chi connectivity index (χ3v) is 3.93. The molecule has 0 aromatic heterocycles. The van der Waals surface area contributed by atoms with E-state index in [1.807, 2.05) is 48.5 Å². The summed E-state index contributed by atoms with van der Waals surface area (Å²) in [6.07, 6.45) is 0.852. The van der Waals surface area contributed by atoms with Gasteiger partial charge in [0, 0.05) is 35.3 Å². The third-order valence-electron chi connectivity index (χ3n) is 2.99. The Kier molecular flexibility index (Phi) is 7.03. The number of benzene rings is 1. The number of nitrogens with zero attached hydrogens (tertiary/aromatic N) is 3. The van der Waals surface area contributed by atoms with Crippen LogP contribution in [0.2, 0.25) is 0 Å². The molecule has 0 bridgehead atoms. The summed E-state index contributed by atoms with van der Waals surface area (Å²) in [7, 11) is 3.90. The standard InChI is InChI=1S/C14H20IN3O3/c1-4-7-17(9-8-16(2)3)14(19)12-10-11(18(20)21)5-6-13(12)15/h5-6,10H,4,7-9H2,1-3H3. The Balaban J connectivity index is 3.02. The summed E-state index contributed by atoms with van der Waals surface area (Å²) in [4.78, 5) is 26.8. The average molecular weight is 405 g/mol. The zero-order chi connectivity index (χ0) is 16.0. The van der Waals surface area contributed by atoms with Crippen molar-refractivity contribution in [1.82, 2.24) is 9.80 Å².